The van der Waals surface area contributed by atoms with Crippen molar-refractivity contribution < 1.29 is 0 Å². The monoisotopic (exact) mass is 266 g/mol. The molecule has 0 atom stereocenters. The first-order valence-corrected chi connectivity index (χ1v) is 7.07. The molecule has 1 saturated carbocycles. The second-order valence-corrected chi connectivity index (χ2v) is 5.44. The van der Waals surface area contributed by atoms with Crippen molar-refractivity contribution in [3.8, 4) is 11.8 Å². The van der Waals surface area contributed by atoms with Crippen molar-refractivity contribution in [3.05, 3.63) is 41.1 Å². The maximum Gasteiger partial charge on any atom is 0.145 e. The van der Waals surface area contributed by atoms with Gasteiger partial charge in [-0.3, -0.25) is 0 Å². The van der Waals surface area contributed by atoms with E-state index in [0.717, 1.165) is 29.8 Å². The molecule has 2 N–H and O–H groups in total. The molecule has 20 heavy (non-hydrogen) atoms. The Kier molecular flexibility index (Phi) is 3.19. The highest BCUT2D eigenvalue weighted by Crippen LogP contribution is 2.37. The molecule has 0 aliphatic heterocycles. The largest absolute Gasteiger partial charge is 0.382 e. The third kappa shape index (κ3) is 1.96. The molecule has 1 aromatic carbocycles. The minimum atomic E-state index is 0.386. The van der Waals surface area contributed by atoms with Gasteiger partial charge >= 0.3 is 0 Å². The second kappa shape index (κ2) is 5.01. The predicted molar refractivity (Wildman–Crippen MR) is 78.6 cm³/mol. The summed E-state index contributed by atoms with van der Waals surface area (Å²) in [6.07, 6.45) is 4.65. The first-order valence-electron chi connectivity index (χ1n) is 7.07. The molecule has 0 radical (unpaired) electrons. The minimum absolute atomic E-state index is 0.386. The summed E-state index contributed by atoms with van der Waals surface area (Å²) in [5, 5.41) is 14.1. The number of aryl methyl sites for hydroxylation is 1. The molecule has 4 heteroatoms. The van der Waals surface area contributed by atoms with Crippen LogP contribution in [0.4, 0.5) is 5.82 Å². The number of nitriles is 1. The Morgan fingerprint density at radius 3 is 2.65 bits per heavy atom. The number of nitrogens with zero attached hydrogens (tertiary/aromatic N) is 3. The summed E-state index contributed by atoms with van der Waals surface area (Å²) in [6.45, 7) is 2.03. The van der Waals surface area contributed by atoms with E-state index in [1.807, 2.05) is 31.2 Å². The molecule has 0 spiro atoms. The average molecular weight is 266 g/mol. The van der Waals surface area contributed by atoms with Crippen molar-refractivity contribution in [2.45, 2.75) is 38.5 Å². The molecule has 1 aromatic heterocycles. The molecular formula is C16H18N4. The molecule has 2 aromatic rings. The van der Waals surface area contributed by atoms with Crippen LogP contribution in [0, 0.1) is 18.3 Å². The fraction of sp³-hybridized carbons (Fsp3) is 0.375. The zero-order valence-corrected chi connectivity index (χ0v) is 11.6. The van der Waals surface area contributed by atoms with E-state index in [4.69, 9.17) is 5.73 Å². The average Bonchev–Trinajstić information content (AvgIpc) is 3.07. The molecule has 3 rings (SSSR count). The van der Waals surface area contributed by atoms with E-state index < -0.39 is 0 Å². The molecule has 0 amide bonds. The Labute approximate surface area is 118 Å². The zero-order chi connectivity index (χ0) is 14.1. The summed E-state index contributed by atoms with van der Waals surface area (Å²) in [7, 11) is 0. The van der Waals surface area contributed by atoms with Gasteiger partial charge in [-0.2, -0.15) is 10.4 Å². The van der Waals surface area contributed by atoms with E-state index in [0.29, 0.717) is 17.3 Å². The number of anilines is 1. The van der Waals surface area contributed by atoms with Gasteiger partial charge in [0.05, 0.1) is 11.4 Å². The Bertz CT molecular complexity index is 672. The topological polar surface area (TPSA) is 67.6 Å². The van der Waals surface area contributed by atoms with E-state index in [1.54, 1.807) is 4.68 Å². The lowest BCUT2D eigenvalue weighted by Crippen LogP contribution is -2.04. The minimum Gasteiger partial charge on any atom is -0.382 e. The normalized spacial score (nSPS) is 15.4. The lowest BCUT2D eigenvalue weighted by Gasteiger charge is -2.07. The lowest BCUT2D eigenvalue weighted by molar-refractivity contribution is 0.677. The maximum absolute atomic E-state index is 9.41. The van der Waals surface area contributed by atoms with Gasteiger partial charge < -0.3 is 5.73 Å². The molecule has 102 valence electrons. The number of aromatic nitrogens is 2. The Morgan fingerprint density at radius 1 is 1.30 bits per heavy atom. The summed E-state index contributed by atoms with van der Waals surface area (Å²) < 4.78 is 1.72. The SMILES string of the molecule is Cc1ccccc1-n1nc(C2CCCC2)c(C#N)c1N. The van der Waals surface area contributed by atoms with Gasteiger partial charge in [-0.25, -0.2) is 4.68 Å². The Morgan fingerprint density at radius 2 is 2.00 bits per heavy atom. The third-order valence-electron chi connectivity index (χ3n) is 4.15. The van der Waals surface area contributed by atoms with Gasteiger partial charge in [0, 0.05) is 5.92 Å². The zero-order valence-electron chi connectivity index (χ0n) is 11.6. The van der Waals surface area contributed by atoms with Crippen LogP contribution in [0.15, 0.2) is 24.3 Å². The molecule has 1 aliphatic rings. The van der Waals surface area contributed by atoms with Crippen molar-refractivity contribution in [3.63, 3.8) is 0 Å². The van der Waals surface area contributed by atoms with Crippen molar-refractivity contribution in [1.82, 2.24) is 9.78 Å². The number of benzene rings is 1. The quantitative estimate of drug-likeness (QED) is 0.906. The van der Waals surface area contributed by atoms with Crippen LogP contribution in [0.1, 0.15) is 48.4 Å². The van der Waals surface area contributed by atoms with Crippen molar-refractivity contribution in [2.24, 2.45) is 0 Å². The van der Waals surface area contributed by atoms with E-state index in [9.17, 15) is 5.26 Å². The van der Waals surface area contributed by atoms with Gasteiger partial charge in [0.25, 0.3) is 0 Å². The highest BCUT2D eigenvalue weighted by Gasteiger charge is 2.26. The standard InChI is InChI=1S/C16H18N4/c1-11-6-2-5-9-14(11)20-16(18)13(10-17)15(19-20)12-7-3-4-8-12/h2,5-6,9,12H,3-4,7-8,18H2,1H3. The first kappa shape index (κ1) is 12.7. The summed E-state index contributed by atoms with van der Waals surface area (Å²) in [6, 6.07) is 10.2. The van der Waals surface area contributed by atoms with E-state index in [2.05, 4.69) is 11.2 Å². The number of rotatable bonds is 2. The highest BCUT2D eigenvalue weighted by atomic mass is 15.3. The number of nitrogens with two attached hydrogens (primary N) is 1. The fourth-order valence-electron chi connectivity index (χ4n) is 3.03. The molecule has 1 aliphatic carbocycles. The van der Waals surface area contributed by atoms with Gasteiger partial charge in [0.15, 0.2) is 0 Å². The fourth-order valence-corrected chi connectivity index (χ4v) is 3.03. The molecule has 4 nitrogen and oxygen atoms in total. The summed E-state index contributed by atoms with van der Waals surface area (Å²) >= 11 is 0. The highest BCUT2D eigenvalue weighted by molar-refractivity contribution is 5.58. The lowest BCUT2D eigenvalue weighted by atomic mass is 10.0. The second-order valence-electron chi connectivity index (χ2n) is 5.44. The van der Waals surface area contributed by atoms with E-state index in [-0.39, 0.29) is 0 Å². The Balaban J connectivity index is 2.14. The molecule has 0 saturated heterocycles. The number of nitrogen functional groups attached to an aromatic ring is 1. The number of hydrogen-bond donors (Lipinski definition) is 1. The summed E-state index contributed by atoms with van der Waals surface area (Å²) in [5.41, 5.74) is 9.65. The van der Waals surface area contributed by atoms with Crippen LogP contribution < -0.4 is 5.73 Å². The summed E-state index contributed by atoms with van der Waals surface area (Å²) in [5.74, 6) is 0.848. The van der Waals surface area contributed by atoms with Crippen molar-refractivity contribution in [2.75, 3.05) is 5.73 Å². The maximum atomic E-state index is 9.41. The van der Waals surface area contributed by atoms with Gasteiger partial charge in [-0.1, -0.05) is 31.0 Å². The van der Waals surface area contributed by atoms with Crippen LogP contribution in [-0.2, 0) is 0 Å². The number of para-hydroxylation sites is 1. The molecule has 0 bridgehead atoms. The summed E-state index contributed by atoms with van der Waals surface area (Å²) in [4.78, 5) is 0. The van der Waals surface area contributed by atoms with Gasteiger partial charge in [-0.15, -0.1) is 0 Å². The van der Waals surface area contributed by atoms with E-state index >= 15 is 0 Å². The molecule has 0 unspecified atom stereocenters. The number of hydrogen-bond acceptors (Lipinski definition) is 3. The molecular weight excluding hydrogens is 248 g/mol. The third-order valence-corrected chi connectivity index (χ3v) is 4.15. The van der Waals surface area contributed by atoms with Crippen LogP contribution in [0.2, 0.25) is 0 Å². The van der Waals surface area contributed by atoms with Crippen LogP contribution in [0.5, 0.6) is 0 Å². The van der Waals surface area contributed by atoms with Crippen LogP contribution in [0.3, 0.4) is 0 Å². The molecule has 1 fully saturated rings. The van der Waals surface area contributed by atoms with Gasteiger partial charge in [0.2, 0.25) is 0 Å². The first-order chi connectivity index (χ1) is 9.72. The molecule has 1 heterocycles. The Hall–Kier alpha value is -2.28. The van der Waals surface area contributed by atoms with Gasteiger partial charge in [0.1, 0.15) is 17.5 Å². The van der Waals surface area contributed by atoms with Crippen molar-refractivity contribution in [1.29, 1.82) is 5.26 Å². The predicted octanol–water partition coefficient (Wildman–Crippen LogP) is 3.29. The van der Waals surface area contributed by atoms with E-state index in [1.165, 1.54) is 12.8 Å². The van der Waals surface area contributed by atoms with Gasteiger partial charge in [-0.05, 0) is 31.4 Å². The van der Waals surface area contributed by atoms with Crippen LogP contribution in [0.25, 0.3) is 5.69 Å². The smallest absolute Gasteiger partial charge is 0.145 e. The van der Waals surface area contributed by atoms with Crippen LogP contribution >= 0.6 is 0 Å². The van der Waals surface area contributed by atoms with Crippen LogP contribution in [-0.4, -0.2) is 9.78 Å². The van der Waals surface area contributed by atoms with Crippen molar-refractivity contribution >= 4 is 5.82 Å².